The third-order valence-electron chi connectivity index (χ3n) is 5.59. The SMILES string of the molecule is Nc1ncc(C(F)(F)F)c(N2CCC[C@H]2c2nn3ccc(Cl)c3c(=O)n2-c2ccccc2)n1. The second-order valence-corrected chi connectivity index (χ2v) is 8.01. The predicted octanol–water partition coefficient (Wildman–Crippen LogP) is 3.87. The van der Waals surface area contributed by atoms with E-state index in [4.69, 9.17) is 17.3 Å². The lowest BCUT2D eigenvalue weighted by atomic mass is 10.1. The van der Waals surface area contributed by atoms with E-state index < -0.39 is 23.3 Å². The molecular weight excluding hydrogens is 459 g/mol. The van der Waals surface area contributed by atoms with Crippen molar-refractivity contribution in [1.82, 2.24) is 24.1 Å². The van der Waals surface area contributed by atoms with Gasteiger partial charge in [-0.05, 0) is 31.0 Å². The first-order valence-corrected chi connectivity index (χ1v) is 10.4. The van der Waals surface area contributed by atoms with Crippen LogP contribution in [0.4, 0.5) is 24.9 Å². The number of aromatic nitrogens is 5. The van der Waals surface area contributed by atoms with Crippen LogP contribution < -0.4 is 16.2 Å². The molecule has 4 heterocycles. The van der Waals surface area contributed by atoms with Gasteiger partial charge >= 0.3 is 6.18 Å². The third kappa shape index (κ3) is 3.58. The summed E-state index contributed by atoms with van der Waals surface area (Å²) in [6.45, 7) is 0.277. The number of anilines is 2. The molecule has 1 aliphatic rings. The minimum atomic E-state index is -4.68. The van der Waals surface area contributed by atoms with Crippen molar-refractivity contribution in [3.05, 3.63) is 75.6 Å². The molecule has 1 atom stereocenters. The largest absolute Gasteiger partial charge is 0.421 e. The maximum atomic E-state index is 13.7. The standard InChI is InChI=1S/C21H17ClF3N7O/c22-14-8-10-31-16(14)19(33)32(12-5-2-1-3-6-12)18(29-31)15-7-4-9-30(15)17-13(21(23,24)25)11-27-20(26)28-17/h1-3,5-6,8,10-11,15H,4,7,9H2,(H2,26,27,28)/t15-/m0/s1. The lowest BCUT2D eigenvalue weighted by Crippen LogP contribution is -2.34. The number of benzene rings is 1. The van der Waals surface area contributed by atoms with E-state index in [0.29, 0.717) is 24.7 Å². The van der Waals surface area contributed by atoms with E-state index >= 15 is 0 Å². The van der Waals surface area contributed by atoms with E-state index in [9.17, 15) is 18.0 Å². The number of alkyl halides is 3. The van der Waals surface area contributed by atoms with E-state index in [0.717, 1.165) is 0 Å². The second kappa shape index (κ2) is 7.77. The Morgan fingerprint density at radius 1 is 1.15 bits per heavy atom. The highest BCUT2D eigenvalue weighted by molar-refractivity contribution is 6.33. The van der Waals surface area contributed by atoms with Gasteiger partial charge < -0.3 is 10.6 Å². The lowest BCUT2D eigenvalue weighted by molar-refractivity contribution is -0.137. The number of hydrogen-bond donors (Lipinski definition) is 1. The first kappa shape index (κ1) is 21.3. The van der Waals surface area contributed by atoms with Crippen LogP contribution >= 0.6 is 11.6 Å². The van der Waals surface area contributed by atoms with Crippen molar-refractivity contribution in [3.8, 4) is 5.69 Å². The van der Waals surface area contributed by atoms with Gasteiger partial charge in [0.2, 0.25) is 5.95 Å². The summed E-state index contributed by atoms with van der Waals surface area (Å²) in [7, 11) is 0. The van der Waals surface area contributed by atoms with E-state index in [1.54, 1.807) is 42.6 Å². The monoisotopic (exact) mass is 475 g/mol. The van der Waals surface area contributed by atoms with E-state index in [2.05, 4.69) is 15.1 Å². The molecule has 8 nitrogen and oxygen atoms in total. The zero-order chi connectivity index (χ0) is 23.3. The van der Waals surface area contributed by atoms with Crippen LogP contribution in [0.5, 0.6) is 0 Å². The van der Waals surface area contributed by atoms with Gasteiger partial charge in [-0.25, -0.2) is 9.50 Å². The maximum absolute atomic E-state index is 13.7. The van der Waals surface area contributed by atoms with E-state index in [1.807, 2.05) is 0 Å². The Hall–Kier alpha value is -3.60. The molecule has 0 radical (unpaired) electrons. The fraction of sp³-hybridized carbons (Fsp3) is 0.238. The maximum Gasteiger partial charge on any atom is 0.421 e. The minimum Gasteiger partial charge on any atom is -0.368 e. The van der Waals surface area contributed by atoms with Crippen molar-refractivity contribution >= 4 is 28.9 Å². The van der Waals surface area contributed by atoms with E-state index in [1.165, 1.54) is 14.0 Å². The number of fused-ring (bicyclic) bond motifs is 1. The molecule has 0 aliphatic carbocycles. The van der Waals surface area contributed by atoms with E-state index in [-0.39, 0.29) is 34.7 Å². The van der Waals surface area contributed by atoms with Crippen molar-refractivity contribution in [2.24, 2.45) is 0 Å². The topological polar surface area (TPSA) is 94.3 Å². The van der Waals surface area contributed by atoms with Gasteiger partial charge in [0.25, 0.3) is 5.56 Å². The molecule has 1 aliphatic heterocycles. The summed E-state index contributed by atoms with van der Waals surface area (Å²) < 4.78 is 44.0. The van der Waals surface area contributed by atoms with Crippen LogP contribution in [0.1, 0.15) is 30.3 Å². The van der Waals surface area contributed by atoms with Crippen LogP contribution in [0.25, 0.3) is 11.2 Å². The van der Waals surface area contributed by atoms with Crippen LogP contribution in [0.3, 0.4) is 0 Å². The molecule has 1 saturated heterocycles. The van der Waals surface area contributed by atoms with Crippen LogP contribution in [0.15, 0.2) is 53.6 Å². The van der Waals surface area contributed by atoms with Crippen molar-refractivity contribution in [2.45, 2.75) is 25.1 Å². The van der Waals surface area contributed by atoms with Crippen LogP contribution in [0, 0.1) is 0 Å². The van der Waals surface area contributed by atoms with Crippen molar-refractivity contribution in [2.75, 3.05) is 17.2 Å². The molecule has 2 N–H and O–H groups in total. The van der Waals surface area contributed by atoms with Gasteiger partial charge in [-0.2, -0.15) is 23.3 Å². The number of rotatable bonds is 3. The molecule has 4 aromatic rings. The summed E-state index contributed by atoms with van der Waals surface area (Å²) in [5.74, 6) is -0.338. The number of hydrogen-bond acceptors (Lipinski definition) is 6. The summed E-state index contributed by atoms with van der Waals surface area (Å²) in [5.41, 5.74) is 4.92. The number of nitrogens with zero attached hydrogens (tertiary/aromatic N) is 6. The summed E-state index contributed by atoms with van der Waals surface area (Å²) in [4.78, 5) is 22.4. The molecular formula is C21H17ClF3N7O. The fourth-order valence-corrected chi connectivity index (χ4v) is 4.41. The zero-order valence-electron chi connectivity index (χ0n) is 17.0. The number of nitrogens with two attached hydrogens (primary N) is 1. The van der Waals surface area contributed by atoms with Gasteiger partial charge in [-0.15, -0.1) is 0 Å². The van der Waals surface area contributed by atoms with Gasteiger partial charge in [-0.3, -0.25) is 9.36 Å². The first-order valence-electron chi connectivity index (χ1n) is 10.1. The molecule has 1 aromatic carbocycles. The quantitative estimate of drug-likeness (QED) is 0.483. The average Bonchev–Trinajstić information content (AvgIpc) is 3.40. The van der Waals surface area contributed by atoms with Crippen molar-refractivity contribution < 1.29 is 13.2 Å². The normalized spacial score (nSPS) is 16.6. The van der Waals surface area contributed by atoms with Crippen molar-refractivity contribution in [3.63, 3.8) is 0 Å². The molecule has 3 aromatic heterocycles. The highest BCUT2D eigenvalue weighted by Crippen LogP contribution is 2.41. The molecule has 0 bridgehead atoms. The van der Waals surface area contributed by atoms with Crippen LogP contribution in [-0.2, 0) is 6.18 Å². The van der Waals surface area contributed by atoms with Gasteiger partial charge in [0.05, 0.1) is 16.8 Å². The zero-order valence-corrected chi connectivity index (χ0v) is 17.8. The summed E-state index contributed by atoms with van der Waals surface area (Å²) >= 11 is 6.22. The Morgan fingerprint density at radius 2 is 1.91 bits per heavy atom. The molecule has 5 rings (SSSR count). The van der Waals surface area contributed by atoms with Gasteiger partial charge in [0.1, 0.15) is 16.9 Å². The van der Waals surface area contributed by atoms with Gasteiger partial charge in [0.15, 0.2) is 5.82 Å². The predicted molar refractivity (Wildman–Crippen MR) is 117 cm³/mol. The minimum absolute atomic E-state index is 0.177. The van der Waals surface area contributed by atoms with Crippen LogP contribution in [-0.4, -0.2) is 30.7 Å². The van der Waals surface area contributed by atoms with Gasteiger partial charge in [-0.1, -0.05) is 29.8 Å². The smallest absolute Gasteiger partial charge is 0.368 e. The molecule has 33 heavy (non-hydrogen) atoms. The Bertz CT molecular complexity index is 1400. The summed E-state index contributed by atoms with van der Waals surface area (Å²) in [6.07, 6.45) is -1.43. The van der Waals surface area contributed by atoms with Crippen molar-refractivity contribution in [1.29, 1.82) is 0 Å². The molecule has 0 unspecified atom stereocenters. The molecule has 12 heteroatoms. The number of nitrogen functional groups attached to an aromatic ring is 1. The van der Waals surface area contributed by atoms with Gasteiger partial charge in [0, 0.05) is 18.9 Å². The molecule has 0 saturated carbocycles. The summed E-state index contributed by atoms with van der Waals surface area (Å²) in [5, 5.41) is 4.83. The Labute approximate surface area is 190 Å². The highest BCUT2D eigenvalue weighted by atomic mass is 35.5. The second-order valence-electron chi connectivity index (χ2n) is 7.61. The highest BCUT2D eigenvalue weighted by Gasteiger charge is 2.41. The Balaban J connectivity index is 1.75. The number of halogens is 4. The first-order chi connectivity index (χ1) is 15.8. The third-order valence-corrected chi connectivity index (χ3v) is 5.90. The summed E-state index contributed by atoms with van der Waals surface area (Å²) in [6, 6.07) is 9.64. The average molecular weight is 476 g/mol. The fourth-order valence-electron chi connectivity index (χ4n) is 4.18. The molecule has 1 fully saturated rings. The molecule has 0 spiro atoms. The Kier molecular flexibility index (Phi) is 5.00. The number of para-hydroxylation sites is 1. The molecule has 170 valence electrons. The lowest BCUT2D eigenvalue weighted by Gasteiger charge is -2.29. The molecule has 0 amide bonds. The Morgan fingerprint density at radius 3 is 2.64 bits per heavy atom. The van der Waals surface area contributed by atoms with Crippen LogP contribution in [0.2, 0.25) is 5.02 Å².